The molecule has 144 valence electrons. The summed E-state index contributed by atoms with van der Waals surface area (Å²) in [5.41, 5.74) is 7.92. The smallest absolute Gasteiger partial charge is 0.253 e. The van der Waals surface area contributed by atoms with E-state index in [4.69, 9.17) is 15.2 Å². The SMILES string of the molecule is COCCCOc1ccc(C(=O)N2C[C@@H](CN)[C@H](c3ccccc3)C2)cc1. The monoisotopic (exact) mass is 368 g/mol. The van der Waals surface area contributed by atoms with Gasteiger partial charge in [-0.2, -0.15) is 0 Å². The lowest BCUT2D eigenvalue weighted by Crippen LogP contribution is -2.29. The zero-order valence-electron chi connectivity index (χ0n) is 15.8. The van der Waals surface area contributed by atoms with Crippen molar-refractivity contribution in [3.05, 3.63) is 65.7 Å². The summed E-state index contributed by atoms with van der Waals surface area (Å²) in [5.74, 6) is 1.41. The van der Waals surface area contributed by atoms with Gasteiger partial charge < -0.3 is 20.1 Å². The van der Waals surface area contributed by atoms with E-state index in [0.717, 1.165) is 12.2 Å². The van der Waals surface area contributed by atoms with E-state index in [-0.39, 0.29) is 5.91 Å². The van der Waals surface area contributed by atoms with Gasteiger partial charge in [-0.15, -0.1) is 0 Å². The molecule has 0 saturated carbocycles. The van der Waals surface area contributed by atoms with Crippen molar-refractivity contribution in [1.29, 1.82) is 0 Å². The highest BCUT2D eigenvalue weighted by Crippen LogP contribution is 2.32. The lowest BCUT2D eigenvalue weighted by molar-refractivity contribution is 0.0786. The topological polar surface area (TPSA) is 64.8 Å². The summed E-state index contributed by atoms with van der Waals surface area (Å²) in [7, 11) is 1.68. The molecule has 1 heterocycles. The zero-order chi connectivity index (χ0) is 19.1. The van der Waals surface area contributed by atoms with Gasteiger partial charge >= 0.3 is 0 Å². The third-order valence-electron chi connectivity index (χ3n) is 5.12. The van der Waals surface area contributed by atoms with Crippen molar-refractivity contribution < 1.29 is 14.3 Å². The molecular weight excluding hydrogens is 340 g/mol. The Labute approximate surface area is 161 Å². The van der Waals surface area contributed by atoms with E-state index in [1.54, 1.807) is 7.11 Å². The van der Waals surface area contributed by atoms with Crippen LogP contribution < -0.4 is 10.5 Å². The van der Waals surface area contributed by atoms with Crippen LogP contribution in [0.15, 0.2) is 54.6 Å². The summed E-state index contributed by atoms with van der Waals surface area (Å²) < 4.78 is 10.7. The number of amides is 1. The minimum atomic E-state index is 0.0535. The molecular formula is C22H28N2O3. The fraction of sp³-hybridized carbons (Fsp3) is 0.409. The van der Waals surface area contributed by atoms with E-state index in [1.165, 1.54) is 5.56 Å². The van der Waals surface area contributed by atoms with Gasteiger partial charge in [0.05, 0.1) is 6.61 Å². The van der Waals surface area contributed by atoms with E-state index in [0.29, 0.717) is 50.2 Å². The Morgan fingerprint density at radius 3 is 2.48 bits per heavy atom. The Balaban J connectivity index is 1.62. The number of likely N-dealkylation sites (tertiary alicyclic amines) is 1. The van der Waals surface area contributed by atoms with Crippen molar-refractivity contribution >= 4 is 5.91 Å². The highest BCUT2D eigenvalue weighted by Gasteiger charge is 2.35. The number of hydrogen-bond donors (Lipinski definition) is 1. The van der Waals surface area contributed by atoms with Crippen LogP contribution in [-0.4, -0.2) is 50.8 Å². The fourth-order valence-corrected chi connectivity index (χ4v) is 3.62. The van der Waals surface area contributed by atoms with Crippen LogP contribution >= 0.6 is 0 Å². The molecule has 1 aliphatic heterocycles. The number of nitrogens with zero attached hydrogens (tertiary/aromatic N) is 1. The molecule has 5 heteroatoms. The molecule has 1 aliphatic rings. The predicted octanol–water partition coefficient (Wildman–Crippen LogP) is 2.92. The molecule has 0 unspecified atom stereocenters. The number of nitrogens with two attached hydrogens (primary N) is 1. The molecule has 0 spiro atoms. The van der Waals surface area contributed by atoms with Crippen molar-refractivity contribution in [2.45, 2.75) is 12.3 Å². The van der Waals surface area contributed by atoms with E-state index in [9.17, 15) is 4.79 Å². The molecule has 0 bridgehead atoms. The summed E-state index contributed by atoms with van der Waals surface area (Å²) in [6.07, 6.45) is 0.840. The minimum Gasteiger partial charge on any atom is -0.494 e. The van der Waals surface area contributed by atoms with Crippen molar-refractivity contribution in [2.75, 3.05) is 40.0 Å². The van der Waals surface area contributed by atoms with Crippen molar-refractivity contribution in [3.63, 3.8) is 0 Å². The van der Waals surface area contributed by atoms with Crippen LogP contribution in [0.5, 0.6) is 5.75 Å². The summed E-state index contributed by atoms with van der Waals surface area (Å²) in [5, 5.41) is 0. The first-order chi connectivity index (χ1) is 13.2. The summed E-state index contributed by atoms with van der Waals surface area (Å²) in [6.45, 7) is 3.27. The molecule has 1 amide bonds. The molecule has 3 rings (SSSR count). The molecule has 5 nitrogen and oxygen atoms in total. The summed E-state index contributed by atoms with van der Waals surface area (Å²) >= 11 is 0. The zero-order valence-corrected chi connectivity index (χ0v) is 15.8. The van der Waals surface area contributed by atoms with Crippen molar-refractivity contribution in [3.8, 4) is 5.75 Å². The number of ether oxygens (including phenoxy) is 2. The number of carbonyl (C=O) groups excluding carboxylic acids is 1. The lowest BCUT2D eigenvalue weighted by Gasteiger charge is -2.17. The number of carbonyl (C=O) groups is 1. The quantitative estimate of drug-likeness (QED) is 0.728. The number of rotatable bonds is 8. The van der Waals surface area contributed by atoms with Crippen LogP contribution in [-0.2, 0) is 4.74 Å². The van der Waals surface area contributed by atoms with Crippen LogP contribution in [0.25, 0.3) is 0 Å². The maximum Gasteiger partial charge on any atom is 0.253 e. The maximum atomic E-state index is 12.9. The van der Waals surface area contributed by atoms with E-state index >= 15 is 0 Å². The Bertz CT molecular complexity index is 718. The lowest BCUT2D eigenvalue weighted by atomic mass is 9.89. The molecule has 2 atom stereocenters. The van der Waals surface area contributed by atoms with Crippen LogP contribution in [0.1, 0.15) is 28.3 Å². The average Bonchev–Trinajstić information content (AvgIpc) is 3.16. The van der Waals surface area contributed by atoms with Gasteiger partial charge in [-0.25, -0.2) is 0 Å². The van der Waals surface area contributed by atoms with Crippen LogP contribution in [0.3, 0.4) is 0 Å². The second-order valence-corrected chi connectivity index (χ2v) is 6.94. The largest absolute Gasteiger partial charge is 0.494 e. The van der Waals surface area contributed by atoms with Gasteiger partial charge in [-0.1, -0.05) is 30.3 Å². The minimum absolute atomic E-state index is 0.0535. The molecule has 27 heavy (non-hydrogen) atoms. The molecule has 0 radical (unpaired) electrons. The van der Waals surface area contributed by atoms with Gasteiger partial charge in [0, 0.05) is 44.7 Å². The number of hydrogen-bond acceptors (Lipinski definition) is 4. The van der Waals surface area contributed by atoms with E-state index in [2.05, 4.69) is 12.1 Å². The van der Waals surface area contributed by atoms with Gasteiger partial charge in [0.25, 0.3) is 5.91 Å². The third-order valence-corrected chi connectivity index (χ3v) is 5.12. The summed E-state index contributed by atoms with van der Waals surface area (Å²) in [4.78, 5) is 14.8. The van der Waals surface area contributed by atoms with Gasteiger partial charge in [-0.3, -0.25) is 4.79 Å². The van der Waals surface area contributed by atoms with Crippen molar-refractivity contribution in [1.82, 2.24) is 4.90 Å². The first-order valence-corrected chi connectivity index (χ1v) is 9.49. The highest BCUT2D eigenvalue weighted by molar-refractivity contribution is 5.94. The third kappa shape index (κ3) is 4.87. The normalized spacial score (nSPS) is 19.3. The summed E-state index contributed by atoms with van der Waals surface area (Å²) in [6, 6.07) is 17.7. The predicted molar refractivity (Wildman–Crippen MR) is 106 cm³/mol. The van der Waals surface area contributed by atoms with E-state index in [1.807, 2.05) is 47.4 Å². The number of methoxy groups -OCH3 is 1. The van der Waals surface area contributed by atoms with Crippen molar-refractivity contribution in [2.24, 2.45) is 11.7 Å². The average molecular weight is 368 g/mol. The molecule has 1 fully saturated rings. The number of benzene rings is 2. The van der Waals surface area contributed by atoms with Gasteiger partial charge in [0.1, 0.15) is 5.75 Å². The highest BCUT2D eigenvalue weighted by atomic mass is 16.5. The Kier molecular flexibility index (Phi) is 6.85. The van der Waals surface area contributed by atoms with Crippen LogP contribution in [0, 0.1) is 5.92 Å². The second-order valence-electron chi connectivity index (χ2n) is 6.94. The van der Waals surface area contributed by atoms with Crippen LogP contribution in [0.2, 0.25) is 0 Å². The molecule has 0 aromatic heterocycles. The Morgan fingerprint density at radius 1 is 1.07 bits per heavy atom. The van der Waals surface area contributed by atoms with Gasteiger partial charge in [0.2, 0.25) is 0 Å². The second kappa shape index (κ2) is 9.53. The first kappa shape index (κ1) is 19.4. The Morgan fingerprint density at radius 2 is 1.81 bits per heavy atom. The standard InChI is InChI=1S/C22H28N2O3/c1-26-12-5-13-27-20-10-8-18(9-11-20)22(25)24-15-19(14-23)21(16-24)17-6-3-2-4-7-17/h2-4,6-11,19,21H,5,12-16,23H2,1H3/t19-,21+/m1/s1. The fourth-order valence-electron chi connectivity index (χ4n) is 3.62. The maximum absolute atomic E-state index is 12.9. The van der Waals surface area contributed by atoms with E-state index < -0.39 is 0 Å². The Hall–Kier alpha value is -2.37. The first-order valence-electron chi connectivity index (χ1n) is 9.49. The molecule has 2 N–H and O–H groups in total. The molecule has 1 saturated heterocycles. The van der Waals surface area contributed by atoms with Gasteiger partial charge in [-0.05, 0) is 42.3 Å². The van der Waals surface area contributed by atoms with Crippen LogP contribution in [0.4, 0.5) is 0 Å². The van der Waals surface area contributed by atoms with Gasteiger partial charge in [0.15, 0.2) is 0 Å². The molecule has 2 aromatic rings. The molecule has 2 aromatic carbocycles. The molecule has 0 aliphatic carbocycles.